The van der Waals surface area contributed by atoms with Crippen LogP contribution in [0.3, 0.4) is 0 Å². The third-order valence-corrected chi connectivity index (χ3v) is 2.31. The van der Waals surface area contributed by atoms with Crippen LogP contribution in [0, 0.1) is 0 Å². The summed E-state index contributed by atoms with van der Waals surface area (Å²) in [5, 5.41) is 17.0. The van der Waals surface area contributed by atoms with Crippen LogP contribution in [0.5, 0.6) is 0 Å². The Kier molecular flexibility index (Phi) is 4.49. The molecule has 1 heterocycles. The summed E-state index contributed by atoms with van der Waals surface area (Å²) >= 11 is 0. The van der Waals surface area contributed by atoms with Crippen LogP contribution in [0.4, 0.5) is 5.82 Å². The van der Waals surface area contributed by atoms with E-state index in [2.05, 4.69) is 24.0 Å². The lowest BCUT2D eigenvalue weighted by molar-refractivity contribution is 0.290. The van der Waals surface area contributed by atoms with Crippen LogP contribution in [0.1, 0.15) is 31.9 Å². The van der Waals surface area contributed by atoms with E-state index in [-0.39, 0.29) is 6.61 Å². The lowest BCUT2D eigenvalue weighted by Gasteiger charge is -2.17. The molecule has 0 radical (unpaired) electrons. The highest BCUT2D eigenvalue weighted by Crippen LogP contribution is 2.13. The molecular weight excluding hydrogens is 190 g/mol. The Balaban J connectivity index is 2.62. The summed E-state index contributed by atoms with van der Waals surface area (Å²) in [6.07, 6.45) is 0.754. The number of aliphatic hydroxyl groups is 1. The first-order chi connectivity index (χ1) is 7.15. The van der Waals surface area contributed by atoms with Crippen LogP contribution in [0.25, 0.3) is 0 Å². The zero-order chi connectivity index (χ0) is 11.3. The predicted molar refractivity (Wildman–Crippen MR) is 61.1 cm³/mol. The van der Waals surface area contributed by atoms with Crippen molar-refractivity contribution in [3.05, 3.63) is 17.8 Å². The average Bonchev–Trinajstić information content (AvgIpc) is 2.26. The molecule has 0 aromatic carbocycles. The molecule has 0 amide bonds. The summed E-state index contributed by atoms with van der Waals surface area (Å²) < 4.78 is 0. The predicted octanol–water partition coefficient (Wildman–Crippen LogP) is 1.42. The second kappa shape index (κ2) is 5.66. The number of hydrogen-bond donors (Lipinski definition) is 1. The maximum atomic E-state index is 8.72. The van der Waals surface area contributed by atoms with Crippen LogP contribution in [-0.4, -0.2) is 35.5 Å². The number of anilines is 1. The van der Waals surface area contributed by atoms with Gasteiger partial charge >= 0.3 is 0 Å². The molecule has 1 aromatic rings. The van der Waals surface area contributed by atoms with Gasteiger partial charge in [-0.25, -0.2) is 0 Å². The van der Waals surface area contributed by atoms with E-state index in [0.717, 1.165) is 24.5 Å². The molecule has 0 saturated heterocycles. The standard InChI is InChI=1S/C11H19N3O/c1-9(2)10-5-6-11(13-12-10)14(3)7-4-8-15/h5-6,9,15H,4,7-8H2,1-3H3. The largest absolute Gasteiger partial charge is 0.396 e. The van der Waals surface area contributed by atoms with Crippen LogP contribution in [0.2, 0.25) is 0 Å². The van der Waals surface area contributed by atoms with Crippen molar-refractivity contribution in [1.82, 2.24) is 10.2 Å². The van der Waals surface area contributed by atoms with Gasteiger partial charge < -0.3 is 10.0 Å². The molecule has 0 aliphatic carbocycles. The minimum Gasteiger partial charge on any atom is -0.396 e. The van der Waals surface area contributed by atoms with Crippen molar-refractivity contribution in [2.75, 3.05) is 25.1 Å². The third kappa shape index (κ3) is 3.47. The smallest absolute Gasteiger partial charge is 0.150 e. The Morgan fingerprint density at radius 2 is 2.07 bits per heavy atom. The maximum Gasteiger partial charge on any atom is 0.150 e. The fourth-order valence-corrected chi connectivity index (χ4v) is 1.27. The van der Waals surface area contributed by atoms with E-state index in [1.165, 1.54) is 0 Å². The van der Waals surface area contributed by atoms with Gasteiger partial charge in [0.1, 0.15) is 0 Å². The molecule has 1 N–H and O–H groups in total. The van der Waals surface area contributed by atoms with Crippen molar-refractivity contribution in [3.8, 4) is 0 Å². The summed E-state index contributed by atoms with van der Waals surface area (Å²) in [7, 11) is 1.95. The van der Waals surface area contributed by atoms with E-state index in [1.54, 1.807) is 0 Å². The number of nitrogens with zero attached hydrogens (tertiary/aromatic N) is 3. The summed E-state index contributed by atoms with van der Waals surface area (Å²) in [5.74, 6) is 1.27. The zero-order valence-electron chi connectivity index (χ0n) is 9.64. The van der Waals surface area contributed by atoms with Crippen LogP contribution < -0.4 is 4.90 Å². The Morgan fingerprint density at radius 1 is 1.33 bits per heavy atom. The van der Waals surface area contributed by atoms with Gasteiger partial charge in [-0.05, 0) is 24.5 Å². The topological polar surface area (TPSA) is 49.2 Å². The average molecular weight is 209 g/mol. The summed E-state index contributed by atoms with van der Waals surface area (Å²) in [6.45, 7) is 5.20. The molecular formula is C11H19N3O. The van der Waals surface area contributed by atoms with Gasteiger partial charge in [-0.2, -0.15) is 5.10 Å². The first-order valence-electron chi connectivity index (χ1n) is 5.30. The minimum atomic E-state index is 0.210. The molecule has 0 aliphatic heterocycles. The van der Waals surface area contributed by atoms with Gasteiger partial charge in [0.05, 0.1) is 5.69 Å². The Bertz CT molecular complexity index is 284. The lowest BCUT2D eigenvalue weighted by atomic mass is 10.1. The van der Waals surface area contributed by atoms with Crippen molar-refractivity contribution in [2.24, 2.45) is 0 Å². The molecule has 1 aromatic heterocycles. The highest BCUT2D eigenvalue weighted by Gasteiger charge is 2.05. The number of aromatic nitrogens is 2. The molecule has 0 fully saturated rings. The molecule has 84 valence electrons. The van der Waals surface area contributed by atoms with E-state index < -0.39 is 0 Å². The first-order valence-corrected chi connectivity index (χ1v) is 5.30. The summed E-state index contributed by atoms with van der Waals surface area (Å²) in [6, 6.07) is 3.97. The van der Waals surface area contributed by atoms with Crippen molar-refractivity contribution >= 4 is 5.82 Å². The van der Waals surface area contributed by atoms with Crippen molar-refractivity contribution in [3.63, 3.8) is 0 Å². The quantitative estimate of drug-likeness (QED) is 0.796. The molecule has 0 atom stereocenters. The fraction of sp³-hybridized carbons (Fsp3) is 0.636. The minimum absolute atomic E-state index is 0.210. The van der Waals surface area contributed by atoms with E-state index in [4.69, 9.17) is 5.11 Å². The highest BCUT2D eigenvalue weighted by atomic mass is 16.3. The fourth-order valence-electron chi connectivity index (χ4n) is 1.27. The summed E-state index contributed by atoms with van der Waals surface area (Å²) in [5.41, 5.74) is 1.01. The lowest BCUT2D eigenvalue weighted by Crippen LogP contribution is -2.21. The van der Waals surface area contributed by atoms with Crippen molar-refractivity contribution in [2.45, 2.75) is 26.2 Å². The Morgan fingerprint density at radius 3 is 2.53 bits per heavy atom. The second-order valence-electron chi connectivity index (χ2n) is 3.97. The van der Waals surface area contributed by atoms with E-state index in [1.807, 2.05) is 24.1 Å². The second-order valence-corrected chi connectivity index (χ2v) is 3.97. The molecule has 4 nitrogen and oxygen atoms in total. The third-order valence-electron chi connectivity index (χ3n) is 2.31. The Hall–Kier alpha value is -1.16. The Labute approximate surface area is 90.9 Å². The monoisotopic (exact) mass is 209 g/mol. The van der Waals surface area contributed by atoms with Crippen molar-refractivity contribution in [1.29, 1.82) is 0 Å². The first kappa shape index (κ1) is 11.9. The van der Waals surface area contributed by atoms with Gasteiger partial charge in [-0.3, -0.25) is 0 Å². The van der Waals surface area contributed by atoms with Crippen molar-refractivity contribution < 1.29 is 5.11 Å². The molecule has 0 saturated carbocycles. The maximum absolute atomic E-state index is 8.72. The molecule has 0 unspecified atom stereocenters. The van der Waals surface area contributed by atoms with Gasteiger partial charge in [-0.15, -0.1) is 5.10 Å². The number of hydrogen-bond acceptors (Lipinski definition) is 4. The van der Waals surface area contributed by atoms with Gasteiger partial charge in [0.25, 0.3) is 0 Å². The number of aliphatic hydroxyl groups excluding tert-OH is 1. The van der Waals surface area contributed by atoms with Crippen LogP contribution in [0.15, 0.2) is 12.1 Å². The molecule has 15 heavy (non-hydrogen) atoms. The van der Waals surface area contributed by atoms with Crippen LogP contribution in [-0.2, 0) is 0 Å². The SMILES string of the molecule is CC(C)c1ccc(N(C)CCCO)nn1. The van der Waals surface area contributed by atoms with E-state index in [9.17, 15) is 0 Å². The molecule has 0 bridgehead atoms. The summed E-state index contributed by atoms with van der Waals surface area (Å²) in [4.78, 5) is 1.99. The number of rotatable bonds is 5. The highest BCUT2D eigenvalue weighted by molar-refractivity contribution is 5.36. The van der Waals surface area contributed by atoms with Gasteiger partial charge in [0.2, 0.25) is 0 Å². The molecule has 1 rings (SSSR count). The molecule has 0 spiro atoms. The molecule has 4 heteroatoms. The van der Waals surface area contributed by atoms with Gasteiger partial charge in [0.15, 0.2) is 5.82 Å². The van der Waals surface area contributed by atoms with Gasteiger partial charge in [0, 0.05) is 20.2 Å². The zero-order valence-corrected chi connectivity index (χ0v) is 9.64. The molecule has 0 aliphatic rings. The van der Waals surface area contributed by atoms with E-state index >= 15 is 0 Å². The van der Waals surface area contributed by atoms with E-state index in [0.29, 0.717) is 5.92 Å². The van der Waals surface area contributed by atoms with Gasteiger partial charge in [-0.1, -0.05) is 13.8 Å². The van der Waals surface area contributed by atoms with Crippen LogP contribution >= 0.6 is 0 Å². The normalized spacial score (nSPS) is 10.7.